The summed E-state index contributed by atoms with van der Waals surface area (Å²) in [5.41, 5.74) is 2.30. The van der Waals surface area contributed by atoms with Gasteiger partial charge in [-0.1, -0.05) is 60.7 Å². The summed E-state index contributed by atoms with van der Waals surface area (Å²) in [5, 5.41) is 10.9. The Labute approximate surface area is 179 Å². The molecule has 0 saturated heterocycles. The molecule has 0 fully saturated rings. The largest absolute Gasteiger partial charge is 0.389 e. The number of rotatable bonds is 7. The van der Waals surface area contributed by atoms with Crippen molar-refractivity contribution in [3.8, 4) is 0 Å². The Morgan fingerprint density at radius 1 is 1.03 bits per heavy atom. The predicted molar refractivity (Wildman–Crippen MR) is 117 cm³/mol. The Morgan fingerprint density at radius 2 is 1.65 bits per heavy atom. The molecule has 0 amide bonds. The van der Waals surface area contributed by atoms with E-state index in [9.17, 15) is 14.3 Å². The lowest BCUT2D eigenvalue weighted by molar-refractivity contribution is -0.000985. The number of aryl methyl sites for hydroxylation is 1. The average molecular weight is 418 g/mol. The molecule has 3 aromatic carbocycles. The zero-order valence-corrected chi connectivity index (χ0v) is 17.1. The van der Waals surface area contributed by atoms with Gasteiger partial charge in [0.2, 0.25) is 0 Å². The summed E-state index contributed by atoms with van der Waals surface area (Å²) in [7, 11) is 0. The monoisotopic (exact) mass is 418 g/mol. The summed E-state index contributed by atoms with van der Waals surface area (Å²) in [6, 6.07) is 22.3. The summed E-state index contributed by atoms with van der Waals surface area (Å²) < 4.78 is 21.1. The summed E-state index contributed by atoms with van der Waals surface area (Å²) in [5.74, 6) is -0.404. The molecule has 1 heterocycles. The molecular formula is C25H23FN2O3. The third kappa shape index (κ3) is 4.71. The number of fused-ring (bicyclic) bond motifs is 1. The van der Waals surface area contributed by atoms with Crippen molar-refractivity contribution in [1.29, 1.82) is 0 Å². The van der Waals surface area contributed by atoms with Crippen molar-refractivity contribution >= 4 is 10.9 Å². The lowest BCUT2D eigenvalue weighted by atomic mass is 10.0. The summed E-state index contributed by atoms with van der Waals surface area (Å²) in [4.78, 5) is 16.9. The molecule has 0 spiro atoms. The first kappa shape index (κ1) is 20.9. The number of aromatic nitrogens is 2. The molecule has 1 N–H and O–H groups in total. The average Bonchev–Trinajstić information content (AvgIpc) is 2.79. The first-order valence-electron chi connectivity index (χ1n) is 10.1. The molecule has 6 heteroatoms. The molecular weight excluding hydrogens is 395 g/mol. The van der Waals surface area contributed by atoms with E-state index in [1.54, 1.807) is 6.92 Å². The number of halogens is 1. The molecule has 1 unspecified atom stereocenters. The van der Waals surface area contributed by atoms with Gasteiger partial charge in [-0.15, -0.1) is 0 Å². The van der Waals surface area contributed by atoms with E-state index in [2.05, 4.69) is 4.98 Å². The van der Waals surface area contributed by atoms with E-state index in [4.69, 9.17) is 4.74 Å². The molecule has 0 bridgehead atoms. The van der Waals surface area contributed by atoms with Crippen molar-refractivity contribution in [3.63, 3.8) is 0 Å². The van der Waals surface area contributed by atoms with Crippen molar-refractivity contribution in [2.75, 3.05) is 6.61 Å². The first-order chi connectivity index (χ1) is 15.0. The van der Waals surface area contributed by atoms with Gasteiger partial charge in [0.1, 0.15) is 11.9 Å². The summed E-state index contributed by atoms with van der Waals surface area (Å²) in [6.07, 6.45) is 0.0664. The van der Waals surface area contributed by atoms with Crippen LogP contribution in [0.5, 0.6) is 0 Å². The van der Waals surface area contributed by atoms with Crippen LogP contribution < -0.4 is 5.56 Å². The lowest BCUT2D eigenvalue weighted by Gasteiger charge is -2.21. The SMILES string of the molecule is Cc1cc2c(=O)n(CC(O)COC(c3ccccc3)c3ccccc3)cnc2cc1F. The third-order valence-electron chi connectivity index (χ3n) is 5.17. The maximum absolute atomic E-state index is 13.7. The second-order valence-electron chi connectivity index (χ2n) is 7.51. The molecule has 4 rings (SSSR count). The van der Waals surface area contributed by atoms with E-state index in [0.29, 0.717) is 16.5 Å². The van der Waals surface area contributed by atoms with Crippen LogP contribution in [0.15, 0.2) is 83.9 Å². The highest BCUT2D eigenvalue weighted by molar-refractivity contribution is 5.78. The second-order valence-corrected chi connectivity index (χ2v) is 7.51. The van der Waals surface area contributed by atoms with Gasteiger partial charge < -0.3 is 9.84 Å². The van der Waals surface area contributed by atoms with E-state index in [0.717, 1.165) is 11.1 Å². The number of aliphatic hydroxyl groups excluding tert-OH is 1. The molecule has 0 radical (unpaired) electrons. The van der Waals surface area contributed by atoms with Gasteiger partial charge in [0.05, 0.1) is 36.5 Å². The smallest absolute Gasteiger partial charge is 0.261 e. The van der Waals surface area contributed by atoms with E-state index >= 15 is 0 Å². The van der Waals surface area contributed by atoms with Gasteiger partial charge in [-0.3, -0.25) is 9.36 Å². The second kappa shape index (κ2) is 9.20. The number of benzene rings is 3. The van der Waals surface area contributed by atoms with Crippen molar-refractivity contribution in [2.45, 2.75) is 25.7 Å². The number of aliphatic hydroxyl groups is 1. The van der Waals surface area contributed by atoms with Crippen LogP contribution >= 0.6 is 0 Å². The molecule has 31 heavy (non-hydrogen) atoms. The first-order valence-corrected chi connectivity index (χ1v) is 10.1. The highest BCUT2D eigenvalue weighted by Crippen LogP contribution is 2.26. The fraction of sp³-hybridized carbons (Fsp3) is 0.200. The van der Waals surface area contributed by atoms with Crippen molar-refractivity contribution in [1.82, 2.24) is 9.55 Å². The Kier molecular flexibility index (Phi) is 6.21. The van der Waals surface area contributed by atoms with Gasteiger partial charge in [-0.25, -0.2) is 9.37 Å². The van der Waals surface area contributed by atoms with Gasteiger partial charge in [0.15, 0.2) is 0 Å². The highest BCUT2D eigenvalue weighted by Gasteiger charge is 2.17. The van der Waals surface area contributed by atoms with E-state index in [1.165, 1.54) is 23.0 Å². The van der Waals surface area contributed by atoms with Crippen molar-refractivity contribution in [2.24, 2.45) is 0 Å². The minimum Gasteiger partial charge on any atom is -0.389 e. The number of hydrogen-bond donors (Lipinski definition) is 1. The summed E-state index contributed by atoms with van der Waals surface area (Å²) >= 11 is 0. The topological polar surface area (TPSA) is 64.4 Å². The van der Waals surface area contributed by atoms with Crippen LogP contribution in [0.1, 0.15) is 22.8 Å². The highest BCUT2D eigenvalue weighted by atomic mass is 19.1. The predicted octanol–water partition coefficient (Wildman–Crippen LogP) is 4.01. The van der Waals surface area contributed by atoms with E-state index in [1.807, 2.05) is 60.7 Å². The van der Waals surface area contributed by atoms with Crippen LogP contribution in [-0.2, 0) is 11.3 Å². The van der Waals surface area contributed by atoms with Gasteiger partial charge >= 0.3 is 0 Å². The minimum atomic E-state index is -0.923. The molecule has 4 aromatic rings. The molecule has 5 nitrogen and oxygen atoms in total. The maximum Gasteiger partial charge on any atom is 0.261 e. The maximum atomic E-state index is 13.7. The fourth-order valence-electron chi connectivity index (χ4n) is 3.55. The Morgan fingerprint density at radius 3 is 2.26 bits per heavy atom. The zero-order valence-electron chi connectivity index (χ0n) is 17.1. The number of ether oxygens (including phenoxy) is 1. The molecule has 0 aliphatic heterocycles. The van der Waals surface area contributed by atoms with Crippen LogP contribution in [-0.4, -0.2) is 27.4 Å². The third-order valence-corrected chi connectivity index (χ3v) is 5.17. The van der Waals surface area contributed by atoms with Gasteiger partial charge in [-0.2, -0.15) is 0 Å². The van der Waals surface area contributed by atoms with Gasteiger partial charge in [-0.05, 0) is 29.7 Å². The van der Waals surface area contributed by atoms with Gasteiger partial charge in [0.25, 0.3) is 5.56 Å². The Hall–Kier alpha value is -3.35. The Bertz CT molecular complexity index is 1190. The van der Waals surface area contributed by atoms with Crippen LogP contribution in [0.3, 0.4) is 0 Å². The zero-order chi connectivity index (χ0) is 21.8. The molecule has 158 valence electrons. The molecule has 1 atom stereocenters. The Balaban J connectivity index is 1.51. The van der Waals surface area contributed by atoms with Crippen LogP contribution in [0, 0.1) is 12.7 Å². The molecule has 0 saturated carbocycles. The number of nitrogens with zero attached hydrogens (tertiary/aromatic N) is 2. The molecule has 0 aliphatic carbocycles. The van der Waals surface area contributed by atoms with Crippen molar-refractivity contribution in [3.05, 3.63) is 112 Å². The van der Waals surface area contributed by atoms with E-state index < -0.39 is 11.9 Å². The quantitative estimate of drug-likeness (QED) is 0.493. The standard InChI is InChI=1S/C25H23FN2O3/c1-17-12-21-23(13-22(17)26)27-16-28(25(21)30)14-20(29)15-31-24(18-8-4-2-5-9-18)19-10-6-3-7-11-19/h2-13,16,20,24,29H,14-15H2,1H3. The van der Waals surface area contributed by atoms with Crippen molar-refractivity contribution < 1.29 is 14.2 Å². The van der Waals surface area contributed by atoms with Gasteiger partial charge in [0, 0.05) is 6.07 Å². The van der Waals surface area contributed by atoms with E-state index in [-0.39, 0.29) is 24.8 Å². The lowest BCUT2D eigenvalue weighted by Crippen LogP contribution is -2.30. The normalized spacial score (nSPS) is 12.4. The number of hydrogen-bond acceptors (Lipinski definition) is 4. The molecule has 0 aliphatic rings. The minimum absolute atomic E-state index is 0.0223. The van der Waals surface area contributed by atoms with Crippen LogP contribution in [0.25, 0.3) is 10.9 Å². The van der Waals surface area contributed by atoms with Crippen LogP contribution in [0.2, 0.25) is 0 Å². The van der Waals surface area contributed by atoms with Crippen LogP contribution in [0.4, 0.5) is 4.39 Å². The molecule has 1 aromatic heterocycles. The summed E-state index contributed by atoms with van der Waals surface area (Å²) in [6.45, 7) is 1.65. The fourth-order valence-corrected chi connectivity index (χ4v) is 3.55.